The Kier molecular flexibility index (Phi) is 10.2. The number of benzene rings is 1. The minimum atomic E-state index is -0.744. The van der Waals surface area contributed by atoms with Crippen LogP contribution >= 0.6 is 0 Å². The van der Waals surface area contributed by atoms with Crippen LogP contribution in [-0.4, -0.2) is 86.8 Å². The number of pyridine rings is 1. The van der Waals surface area contributed by atoms with E-state index in [0.717, 1.165) is 60.9 Å². The van der Waals surface area contributed by atoms with Crippen molar-refractivity contribution in [1.82, 2.24) is 24.6 Å². The van der Waals surface area contributed by atoms with Crippen molar-refractivity contribution in [2.24, 2.45) is 16.2 Å². The van der Waals surface area contributed by atoms with E-state index in [-0.39, 0.29) is 33.6 Å². The first-order chi connectivity index (χ1) is 27.0. The third-order valence-corrected chi connectivity index (χ3v) is 12.3. The maximum Gasteiger partial charge on any atom is 0.410 e. The summed E-state index contributed by atoms with van der Waals surface area (Å²) in [6.07, 6.45) is 7.80. The van der Waals surface area contributed by atoms with E-state index in [4.69, 9.17) is 29.0 Å². The van der Waals surface area contributed by atoms with Crippen molar-refractivity contribution < 1.29 is 33.3 Å². The predicted molar refractivity (Wildman–Crippen MR) is 223 cm³/mol. The largest absolute Gasteiger partial charge is 0.465 e. The Labute approximate surface area is 342 Å². The van der Waals surface area contributed by atoms with Crippen LogP contribution in [0.1, 0.15) is 126 Å². The van der Waals surface area contributed by atoms with Crippen molar-refractivity contribution in [1.29, 1.82) is 0 Å². The highest BCUT2D eigenvalue weighted by Gasteiger charge is 2.66. The molecule has 0 radical (unpaired) electrons. The molecule has 2 unspecified atom stereocenters. The van der Waals surface area contributed by atoms with Crippen LogP contribution in [0.15, 0.2) is 36.5 Å². The Hall–Kier alpha value is -4.71. The highest BCUT2D eigenvalue weighted by Crippen LogP contribution is 2.72. The number of H-pyrrole nitrogens is 1. The number of amides is 1. The zero-order valence-corrected chi connectivity index (χ0v) is 36.5. The molecule has 0 spiro atoms. The summed E-state index contributed by atoms with van der Waals surface area (Å²) in [5.74, 6) is -0.968. The van der Waals surface area contributed by atoms with Crippen molar-refractivity contribution in [2.75, 3.05) is 27.3 Å². The number of rotatable bonds is 10. The molecule has 4 bridgehead atoms. The van der Waals surface area contributed by atoms with Gasteiger partial charge in [-0.3, -0.25) is 4.68 Å². The Morgan fingerprint density at radius 1 is 0.862 bits per heavy atom. The van der Waals surface area contributed by atoms with Gasteiger partial charge in [0, 0.05) is 42.3 Å². The van der Waals surface area contributed by atoms with Crippen LogP contribution in [0.3, 0.4) is 0 Å². The molecular weight excluding hydrogens is 735 g/mol. The summed E-state index contributed by atoms with van der Waals surface area (Å²) in [5.41, 5.74) is 4.48. The van der Waals surface area contributed by atoms with Gasteiger partial charge in [-0.25, -0.2) is 19.4 Å². The number of aryl methyl sites for hydroxylation is 1. The molecule has 3 aromatic heterocycles. The van der Waals surface area contributed by atoms with Gasteiger partial charge in [0.1, 0.15) is 11.2 Å². The molecule has 312 valence electrons. The molecule has 8 rings (SSSR count). The molecule has 12 nitrogen and oxygen atoms in total. The molecular formula is C46H61N5O7. The highest BCUT2D eigenvalue weighted by molar-refractivity contribution is 6.06. The summed E-state index contributed by atoms with van der Waals surface area (Å²) in [6.45, 7) is 21.7. The first kappa shape index (κ1) is 41.4. The number of aromatic nitrogens is 4. The molecule has 1 N–H and O–H groups in total. The van der Waals surface area contributed by atoms with E-state index >= 15 is 0 Å². The second-order valence-electron chi connectivity index (χ2n) is 20.4. The number of para-hydroxylation sites is 1. The first-order valence-corrected chi connectivity index (χ1v) is 20.5. The normalized spacial score (nSPS) is 25.2. The monoisotopic (exact) mass is 795 g/mol. The van der Waals surface area contributed by atoms with Gasteiger partial charge in [-0.15, -0.1) is 0 Å². The van der Waals surface area contributed by atoms with E-state index in [1.54, 1.807) is 18.0 Å². The fourth-order valence-corrected chi connectivity index (χ4v) is 11.4. The summed E-state index contributed by atoms with van der Waals surface area (Å²) in [5, 5.41) is 5.86. The zero-order chi connectivity index (χ0) is 42.2. The molecule has 12 heteroatoms. The van der Waals surface area contributed by atoms with Crippen LogP contribution in [0.25, 0.3) is 33.4 Å². The lowest BCUT2D eigenvalue weighted by Gasteiger charge is -2.69. The number of hydrogen-bond acceptors (Lipinski definition) is 9. The van der Waals surface area contributed by atoms with Crippen LogP contribution < -0.4 is 0 Å². The van der Waals surface area contributed by atoms with E-state index in [0.29, 0.717) is 41.2 Å². The lowest BCUT2D eigenvalue weighted by molar-refractivity contribution is -0.248. The number of likely N-dealkylation sites (N-methyl/N-ethyl adjacent to an activating group) is 1. The standard InChI is InChI=1S/C46H61N5O7/c1-28-30-14-13-15-32(38(52)55-12)36(30)49-35(28)34-17-16-31(37(48-34)39(53)57-41(3,4)5)33-20-47-51(29(33)2)27-45-22-43(9)21-44(10,23-45)25-46(24-43,26-45)56-19-18-50(11)40(54)58-42(6,7)8/h13-17,20,49H,18-19,21-27H2,1-12H3. The van der Waals surface area contributed by atoms with Crippen molar-refractivity contribution >= 4 is 28.9 Å². The first-order valence-electron chi connectivity index (χ1n) is 20.5. The van der Waals surface area contributed by atoms with Gasteiger partial charge in [-0.1, -0.05) is 26.0 Å². The maximum atomic E-state index is 14.0. The number of fused-ring (bicyclic) bond motifs is 1. The number of ether oxygens (including phenoxy) is 4. The SMILES string of the molecule is COC(=O)c1cccc2c(C)c(-c3ccc(-c4cnn(CC56CC7(C)CC(C)(C5)CC(OCCN(C)C(=O)OC(C)(C)C)(C7)C6)c4C)c(C(=O)OC(C)(C)C)n3)[nH]c12. The predicted octanol–water partition coefficient (Wildman–Crippen LogP) is 9.45. The average molecular weight is 796 g/mol. The number of carbonyl (C=O) groups excluding carboxylic acids is 3. The zero-order valence-electron chi connectivity index (χ0n) is 36.5. The third-order valence-electron chi connectivity index (χ3n) is 12.3. The number of methoxy groups -OCH3 is 1. The summed E-state index contributed by atoms with van der Waals surface area (Å²) in [7, 11) is 3.13. The van der Waals surface area contributed by atoms with E-state index < -0.39 is 23.1 Å². The fraction of sp³-hybridized carbons (Fsp3) is 0.587. The third kappa shape index (κ3) is 8.01. The second-order valence-corrected chi connectivity index (χ2v) is 20.4. The van der Waals surface area contributed by atoms with Crippen molar-refractivity contribution in [3.63, 3.8) is 0 Å². The number of nitrogens with one attached hydrogen (secondary N) is 1. The van der Waals surface area contributed by atoms with Crippen molar-refractivity contribution in [3.8, 4) is 22.5 Å². The van der Waals surface area contributed by atoms with Crippen LogP contribution in [-0.2, 0) is 25.5 Å². The number of carbonyl (C=O) groups is 3. The summed E-state index contributed by atoms with van der Waals surface area (Å²) in [4.78, 5) is 49.3. The lowest BCUT2D eigenvalue weighted by Crippen LogP contribution is -2.64. The van der Waals surface area contributed by atoms with E-state index in [9.17, 15) is 14.4 Å². The molecule has 4 saturated carbocycles. The van der Waals surface area contributed by atoms with Crippen molar-refractivity contribution in [3.05, 3.63) is 59.0 Å². The molecule has 1 amide bonds. The molecule has 58 heavy (non-hydrogen) atoms. The van der Waals surface area contributed by atoms with Crippen LogP contribution in [0.4, 0.5) is 4.79 Å². The molecule has 0 aliphatic heterocycles. The van der Waals surface area contributed by atoms with Gasteiger partial charge in [0.05, 0.1) is 48.0 Å². The minimum absolute atomic E-state index is 0.0321. The summed E-state index contributed by atoms with van der Waals surface area (Å²) >= 11 is 0. The molecule has 1 aromatic carbocycles. The maximum absolute atomic E-state index is 14.0. The van der Waals surface area contributed by atoms with Gasteiger partial charge >= 0.3 is 18.0 Å². The van der Waals surface area contributed by atoms with Gasteiger partial charge in [0.25, 0.3) is 0 Å². The van der Waals surface area contributed by atoms with Gasteiger partial charge in [-0.2, -0.15) is 5.10 Å². The number of nitrogens with zero attached hydrogens (tertiary/aromatic N) is 4. The Morgan fingerprint density at radius 3 is 2.17 bits per heavy atom. The summed E-state index contributed by atoms with van der Waals surface area (Å²) < 4.78 is 25.6. The minimum Gasteiger partial charge on any atom is -0.465 e. The van der Waals surface area contributed by atoms with Crippen LogP contribution in [0.5, 0.6) is 0 Å². The molecule has 4 aromatic rings. The summed E-state index contributed by atoms with van der Waals surface area (Å²) in [6, 6.07) is 9.32. The molecule has 4 aliphatic rings. The number of aromatic amines is 1. The smallest absolute Gasteiger partial charge is 0.410 e. The molecule has 4 aliphatic carbocycles. The molecule has 0 saturated heterocycles. The molecule has 2 atom stereocenters. The number of esters is 2. The molecule has 3 heterocycles. The van der Waals surface area contributed by atoms with Gasteiger partial charge in [-0.05, 0) is 134 Å². The van der Waals surface area contributed by atoms with E-state index in [2.05, 4.69) is 30.4 Å². The Bertz CT molecular complexity index is 2250. The van der Waals surface area contributed by atoms with Crippen LogP contribution in [0.2, 0.25) is 0 Å². The van der Waals surface area contributed by atoms with Gasteiger partial charge in [0.15, 0.2) is 5.69 Å². The Morgan fingerprint density at radius 2 is 1.53 bits per heavy atom. The Balaban J connectivity index is 1.19. The van der Waals surface area contributed by atoms with Crippen LogP contribution in [0, 0.1) is 30.1 Å². The number of hydrogen-bond donors (Lipinski definition) is 1. The van der Waals surface area contributed by atoms with Crippen molar-refractivity contribution in [2.45, 2.75) is 131 Å². The van der Waals surface area contributed by atoms with E-state index in [1.165, 1.54) is 13.5 Å². The van der Waals surface area contributed by atoms with Gasteiger partial charge < -0.3 is 28.8 Å². The highest BCUT2D eigenvalue weighted by atomic mass is 16.6. The second kappa shape index (κ2) is 14.2. The molecule has 4 fully saturated rings. The topological polar surface area (TPSA) is 138 Å². The van der Waals surface area contributed by atoms with Gasteiger partial charge in [0.2, 0.25) is 0 Å². The lowest BCUT2D eigenvalue weighted by atomic mass is 9.39. The quantitative estimate of drug-likeness (QED) is 0.123. The average Bonchev–Trinajstić information content (AvgIpc) is 3.62. The fourth-order valence-electron chi connectivity index (χ4n) is 11.4. The van der Waals surface area contributed by atoms with E-state index in [1.807, 2.05) is 78.9 Å².